The predicted molar refractivity (Wildman–Crippen MR) is 116 cm³/mol. The van der Waals surface area contributed by atoms with E-state index in [9.17, 15) is 0 Å². The number of benzene rings is 1. The maximum Gasteiger partial charge on any atom is 0.194 e. The quantitative estimate of drug-likeness (QED) is 0.420. The molecule has 1 aliphatic heterocycles. The zero-order valence-electron chi connectivity index (χ0n) is 18.2. The molecular formula is C22H34N6O. The van der Waals surface area contributed by atoms with E-state index in [0.717, 1.165) is 75.3 Å². The lowest BCUT2D eigenvalue weighted by atomic mass is 9.99. The number of guanidine groups is 1. The maximum absolute atomic E-state index is 5.80. The Morgan fingerprint density at radius 2 is 2.07 bits per heavy atom. The minimum Gasteiger partial charge on any atom is -0.494 e. The Bertz CT molecular complexity index is 829. The molecule has 0 bridgehead atoms. The Kier molecular flexibility index (Phi) is 7.49. The third-order valence-electron chi connectivity index (χ3n) is 5.33. The van der Waals surface area contributed by atoms with Crippen LogP contribution >= 0.6 is 0 Å². The van der Waals surface area contributed by atoms with Gasteiger partial charge in [-0.15, -0.1) is 10.2 Å². The van der Waals surface area contributed by atoms with Gasteiger partial charge in [0.05, 0.1) is 6.61 Å². The third kappa shape index (κ3) is 5.49. The predicted octanol–water partition coefficient (Wildman–Crippen LogP) is 3.22. The fourth-order valence-electron chi connectivity index (χ4n) is 3.40. The van der Waals surface area contributed by atoms with Crippen molar-refractivity contribution in [2.24, 2.45) is 12.0 Å². The van der Waals surface area contributed by atoms with Gasteiger partial charge in [-0.2, -0.15) is 0 Å². The number of fused-ring (bicyclic) bond motifs is 1. The number of unbranched alkanes of at least 4 members (excludes halogenated alkanes) is 1. The van der Waals surface area contributed by atoms with E-state index in [1.165, 1.54) is 11.1 Å². The van der Waals surface area contributed by atoms with Crippen molar-refractivity contribution in [1.29, 1.82) is 0 Å². The van der Waals surface area contributed by atoms with Crippen LogP contribution in [0.1, 0.15) is 55.9 Å². The van der Waals surface area contributed by atoms with Crippen molar-refractivity contribution in [2.75, 3.05) is 19.7 Å². The molecule has 1 aromatic heterocycles. The molecule has 1 aromatic carbocycles. The Morgan fingerprint density at radius 1 is 1.21 bits per heavy atom. The third-order valence-corrected chi connectivity index (χ3v) is 5.33. The van der Waals surface area contributed by atoms with E-state index in [1.807, 2.05) is 18.5 Å². The van der Waals surface area contributed by atoms with Gasteiger partial charge in [-0.25, -0.2) is 4.99 Å². The second-order valence-electron chi connectivity index (χ2n) is 7.59. The van der Waals surface area contributed by atoms with Crippen molar-refractivity contribution in [3.05, 3.63) is 41.0 Å². The first kappa shape index (κ1) is 21.1. The Hall–Kier alpha value is -2.57. The van der Waals surface area contributed by atoms with Gasteiger partial charge in [0.2, 0.25) is 0 Å². The lowest BCUT2D eigenvalue weighted by Crippen LogP contribution is -2.44. The monoisotopic (exact) mass is 398 g/mol. The Balaban J connectivity index is 1.72. The van der Waals surface area contributed by atoms with Crippen molar-refractivity contribution < 1.29 is 4.74 Å². The molecule has 7 nitrogen and oxygen atoms in total. The number of aryl methyl sites for hydroxylation is 1. The van der Waals surface area contributed by atoms with Gasteiger partial charge in [-0.1, -0.05) is 26.3 Å². The number of nitrogens with one attached hydrogen (secondary N) is 1. The molecule has 0 saturated carbocycles. The first-order valence-corrected chi connectivity index (χ1v) is 10.7. The molecule has 0 unspecified atom stereocenters. The van der Waals surface area contributed by atoms with E-state index in [-0.39, 0.29) is 0 Å². The van der Waals surface area contributed by atoms with Crippen molar-refractivity contribution in [2.45, 2.75) is 59.5 Å². The SMILES string of the molecule is CCCCNC(=NCc1nnc(C)n1C)N1CCc2cc(OCCC)ccc2C1. The lowest BCUT2D eigenvalue weighted by molar-refractivity contribution is 0.315. The molecule has 29 heavy (non-hydrogen) atoms. The van der Waals surface area contributed by atoms with E-state index < -0.39 is 0 Å². The summed E-state index contributed by atoms with van der Waals surface area (Å²) in [6.45, 7) is 10.3. The van der Waals surface area contributed by atoms with Gasteiger partial charge in [0.15, 0.2) is 11.8 Å². The number of rotatable bonds is 8. The van der Waals surface area contributed by atoms with Crippen molar-refractivity contribution in [1.82, 2.24) is 25.0 Å². The van der Waals surface area contributed by atoms with Crippen LogP contribution in [-0.2, 0) is 26.6 Å². The number of aliphatic imine (C=N–C) groups is 1. The van der Waals surface area contributed by atoms with E-state index in [2.05, 4.69) is 52.5 Å². The van der Waals surface area contributed by atoms with Crippen LogP contribution in [0.2, 0.25) is 0 Å². The van der Waals surface area contributed by atoms with Gasteiger partial charge >= 0.3 is 0 Å². The summed E-state index contributed by atoms with van der Waals surface area (Å²) in [7, 11) is 1.99. The van der Waals surface area contributed by atoms with Gasteiger partial charge in [-0.3, -0.25) is 0 Å². The largest absolute Gasteiger partial charge is 0.494 e. The van der Waals surface area contributed by atoms with E-state index in [1.54, 1.807) is 0 Å². The molecule has 0 saturated heterocycles. The van der Waals surface area contributed by atoms with E-state index >= 15 is 0 Å². The summed E-state index contributed by atoms with van der Waals surface area (Å²) in [6.07, 6.45) is 4.31. The van der Waals surface area contributed by atoms with Gasteiger partial charge in [0.1, 0.15) is 18.1 Å². The molecule has 0 radical (unpaired) electrons. The number of nitrogens with zero attached hydrogens (tertiary/aromatic N) is 5. The molecular weight excluding hydrogens is 364 g/mol. The second-order valence-corrected chi connectivity index (χ2v) is 7.59. The zero-order chi connectivity index (χ0) is 20.6. The highest BCUT2D eigenvalue weighted by Crippen LogP contribution is 2.24. The van der Waals surface area contributed by atoms with E-state index in [0.29, 0.717) is 6.54 Å². The molecule has 0 atom stereocenters. The highest BCUT2D eigenvalue weighted by atomic mass is 16.5. The average Bonchev–Trinajstić information content (AvgIpc) is 3.06. The second kappa shape index (κ2) is 10.3. The van der Waals surface area contributed by atoms with Crippen LogP contribution in [-0.4, -0.2) is 45.3 Å². The molecule has 0 spiro atoms. The van der Waals surface area contributed by atoms with Crippen LogP contribution < -0.4 is 10.1 Å². The highest BCUT2D eigenvalue weighted by Gasteiger charge is 2.20. The molecule has 158 valence electrons. The molecule has 2 aromatic rings. The molecule has 1 N–H and O–H groups in total. The molecule has 0 aliphatic carbocycles. The Labute approximate surface area is 174 Å². The normalized spacial score (nSPS) is 14.1. The van der Waals surface area contributed by atoms with Crippen LogP contribution in [0, 0.1) is 6.92 Å². The average molecular weight is 399 g/mol. The smallest absolute Gasteiger partial charge is 0.194 e. The number of hydrogen-bond donors (Lipinski definition) is 1. The van der Waals surface area contributed by atoms with Gasteiger partial charge in [0.25, 0.3) is 0 Å². The summed E-state index contributed by atoms with van der Waals surface area (Å²) in [5.74, 6) is 3.72. The topological polar surface area (TPSA) is 67.6 Å². The first-order valence-electron chi connectivity index (χ1n) is 10.7. The summed E-state index contributed by atoms with van der Waals surface area (Å²) >= 11 is 0. The highest BCUT2D eigenvalue weighted by molar-refractivity contribution is 5.80. The minimum absolute atomic E-state index is 0.527. The maximum atomic E-state index is 5.80. The standard InChI is InChI=1S/C22H34N6O/c1-5-7-11-23-22(24-15-21-26-25-17(3)27(21)4)28-12-10-18-14-20(29-13-6-2)9-8-19(18)16-28/h8-9,14H,5-7,10-13,15-16H2,1-4H3,(H,23,24). The lowest BCUT2D eigenvalue weighted by Gasteiger charge is -2.32. The van der Waals surface area contributed by atoms with Crippen molar-refractivity contribution in [3.8, 4) is 5.75 Å². The van der Waals surface area contributed by atoms with Crippen LogP contribution in [0.5, 0.6) is 5.75 Å². The molecule has 1 aliphatic rings. The van der Waals surface area contributed by atoms with Crippen molar-refractivity contribution >= 4 is 5.96 Å². The number of aromatic nitrogens is 3. The molecule has 3 rings (SSSR count). The summed E-state index contributed by atoms with van der Waals surface area (Å²) in [6, 6.07) is 6.48. The van der Waals surface area contributed by atoms with Crippen LogP contribution in [0.3, 0.4) is 0 Å². The van der Waals surface area contributed by atoms with Gasteiger partial charge in [-0.05, 0) is 49.4 Å². The van der Waals surface area contributed by atoms with E-state index in [4.69, 9.17) is 9.73 Å². The van der Waals surface area contributed by atoms with Crippen LogP contribution in [0.4, 0.5) is 0 Å². The molecule has 2 heterocycles. The van der Waals surface area contributed by atoms with Crippen molar-refractivity contribution in [3.63, 3.8) is 0 Å². The van der Waals surface area contributed by atoms with Crippen LogP contribution in [0.15, 0.2) is 23.2 Å². The first-order chi connectivity index (χ1) is 14.1. The van der Waals surface area contributed by atoms with Gasteiger partial charge < -0.3 is 19.5 Å². The fraction of sp³-hybridized carbons (Fsp3) is 0.591. The fourth-order valence-corrected chi connectivity index (χ4v) is 3.40. The van der Waals surface area contributed by atoms with Crippen LogP contribution in [0.25, 0.3) is 0 Å². The Morgan fingerprint density at radius 3 is 2.79 bits per heavy atom. The number of ether oxygens (including phenoxy) is 1. The summed E-state index contributed by atoms with van der Waals surface area (Å²) in [4.78, 5) is 7.22. The zero-order valence-corrected chi connectivity index (χ0v) is 18.2. The summed E-state index contributed by atoms with van der Waals surface area (Å²) < 4.78 is 7.79. The molecule has 7 heteroatoms. The minimum atomic E-state index is 0.527. The molecule has 0 amide bonds. The summed E-state index contributed by atoms with van der Waals surface area (Å²) in [5, 5.41) is 11.9. The molecule has 0 fully saturated rings. The summed E-state index contributed by atoms with van der Waals surface area (Å²) in [5.41, 5.74) is 2.73. The number of hydrogen-bond acceptors (Lipinski definition) is 4. The van der Waals surface area contributed by atoms with Gasteiger partial charge in [0, 0.05) is 26.7 Å².